The zero-order valence-electron chi connectivity index (χ0n) is 29.1. The number of piperidine rings is 1. The van der Waals surface area contributed by atoms with Crippen LogP contribution in [0.5, 0.6) is 11.5 Å². The zero-order chi connectivity index (χ0) is 35.8. The fourth-order valence-corrected chi connectivity index (χ4v) is 7.18. The summed E-state index contributed by atoms with van der Waals surface area (Å²) in [5, 5.41) is 14.5. The van der Waals surface area contributed by atoms with Crippen molar-refractivity contribution in [3.05, 3.63) is 89.4 Å². The summed E-state index contributed by atoms with van der Waals surface area (Å²) >= 11 is 0. The summed E-state index contributed by atoms with van der Waals surface area (Å²) in [7, 11) is -0.180. The molecule has 0 spiro atoms. The summed E-state index contributed by atoms with van der Waals surface area (Å²) in [6.45, 7) is 6.89. The number of nitrogens with zero attached hydrogens (tertiary/aromatic N) is 4. The molecule has 0 bridgehead atoms. The summed E-state index contributed by atoms with van der Waals surface area (Å²) in [6, 6.07) is 13.8. The molecule has 1 aliphatic carbocycles. The topological polar surface area (TPSA) is 156 Å². The maximum atomic E-state index is 13.7. The second-order valence-electron chi connectivity index (χ2n) is 13.9. The molecule has 0 radical (unpaired) electrons. The Morgan fingerprint density at radius 1 is 1.08 bits per heavy atom. The SMILES string of the molecule is COc1c(NC(=O)N[C@@]2(C=O)C=C[C@@H](Oc3ccc4nnc([C@@H]5CCCCN5C)n4c3)c3ccccc32)cc(C(C)(C)C)cc1NS(C)(=O)=O. The van der Waals surface area contributed by atoms with Crippen molar-refractivity contribution in [2.24, 2.45) is 0 Å². The van der Waals surface area contributed by atoms with E-state index in [9.17, 15) is 18.0 Å². The zero-order valence-corrected chi connectivity index (χ0v) is 29.9. The van der Waals surface area contributed by atoms with Crippen molar-refractivity contribution in [3.8, 4) is 11.5 Å². The maximum Gasteiger partial charge on any atom is 0.320 e. The largest absolute Gasteiger partial charge is 0.492 e. The van der Waals surface area contributed by atoms with E-state index in [1.165, 1.54) is 7.11 Å². The highest BCUT2D eigenvalue weighted by molar-refractivity contribution is 7.92. The van der Waals surface area contributed by atoms with Gasteiger partial charge in [0, 0.05) is 5.56 Å². The van der Waals surface area contributed by atoms with Crippen LogP contribution in [0.3, 0.4) is 0 Å². The van der Waals surface area contributed by atoms with Gasteiger partial charge in [-0.25, -0.2) is 13.2 Å². The van der Waals surface area contributed by atoms with Gasteiger partial charge in [0.2, 0.25) is 10.0 Å². The van der Waals surface area contributed by atoms with Gasteiger partial charge in [0.05, 0.1) is 37.0 Å². The summed E-state index contributed by atoms with van der Waals surface area (Å²) in [4.78, 5) is 28.9. The van der Waals surface area contributed by atoms with Crippen molar-refractivity contribution in [1.82, 2.24) is 24.8 Å². The normalized spacial score (nSPS) is 20.9. The summed E-state index contributed by atoms with van der Waals surface area (Å²) in [5.74, 6) is 1.58. The third kappa shape index (κ3) is 7.03. The van der Waals surface area contributed by atoms with Crippen molar-refractivity contribution < 1.29 is 27.5 Å². The lowest BCUT2D eigenvalue weighted by Gasteiger charge is -2.34. The molecule has 1 saturated heterocycles. The molecule has 2 amide bonds. The first-order valence-corrected chi connectivity index (χ1v) is 18.4. The van der Waals surface area contributed by atoms with Gasteiger partial charge in [-0.1, -0.05) is 51.5 Å². The van der Waals surface area contributed by atoms with Gasteiger partial charge in [0.15, 0.2) is 23.5 Å². The molecule has 14 heteroatoms. The Hall–Kier alpha value is -4.95. The van der Waals surface area contributed by atoms with Crippen LogP contribution >= 0.6 is 0 Å². The first-order valence-electron chi connectivity index (χ1n) is 16.5. The molecule has 1 fully saturated rings. The third-order valence-corrected chi connectivity index (χ3v) is 9.78. The van der Waals surface area contributed by atoms with Crippen LogP contribution in [0.25, 0.3) is 5.65 Å². The standard InChI is InChI=1S/C36H43N7O6S/c1-35(2,3)23-19-27(32(48-5)28(20-23)41-50(6,46)47)37-34(45)38-36(22-44)17-16-30(25-11-7-8-12-26(25)36)49-24-14-15-31-39-40-33(43(31)21-24)29-13-9-10-18-42(29)4/h7-8,11-12,14-17,19-22,29-30,41H,9-10,13,18H2,1-6H3,(H2,37,38,45)/t29-,30+,36+/m0/s1. The number of nitrogens with one attached hydrogen (secondary N) is 3. The minimum Gasteiger partial charge on any atom is -0.492 e. The third-order valence-electron chi connectivity index (χ3n) is 9.19. The van der Waals surface area contributed by atoms with Crippen molar-refractivity contribution in [1.29, 1.82) is 0 Å². The number of methoxy groups -OCH3 is 1. The van der Waals surface area contributed by atoms with E-state index in [2.05, 4.69) is 37.5 Å². The van der Waals surface area contributed by atoms with Crippen LogP contribution in [0.15, 0.2) is 66.9 Å². The Labute approximate surface area is 292 Å². The molecule has 3 heterocycles. The van der Waals surface area contributed by atoms with E-state index in [-0.39, 0.29) is 23.2 Å². The van der Waals surface area contributed by atoms with Crippen LogP contribution in [-0.4, -0.2) is 67.2 Å². The number of hydrogen-bond acceptors (Lipinski definition) is 9. The van der Waals surface area contributed by atoms with Gasteiger partial charge in [-0.2, -0.15) is 0 Å². The highest BCUT2D eigenvalue weighted by Gasteiger charge is 2.39. The number of likely N-dealkylation sites (tertiary alicyclic amines) is 1. The van der Waals surface area contributed by atoms with Crippen LogP contribution in [0.4, 0.5) is 16.2 Å². The fourth-order valence-electron chi connectivity index (χ4n) is 6.62. The number of aldehydes is 1. The summed E-state index contributed by atoms with van der Waals surface area (Å²) in [5.41, 5.74) is 1.19. The Kier molecular flexibility index (Phi) is 9.35. The van der Waals surface area contributed by atoms with Gasteiger partial charge in [-0.3, -0.25) is 18.8 Å². The maximum absolute atomic E-state index is 13.7. The molecular weight excluding hydrogens is 659 g/mol. The fraction of sp³-hybridized carbons (Fsp3) is 0.389. The predicted octanol–water partition coefficient (Wildman–Crippen LogP) is 5.47. The lowest BCUT2D eigenvalue weighted by molar-refractivity contribution is -0.111. The van der Waals surface area contributed by atoms with Gasteiger partial charge in [0.1, 0.15) is 17.4 Å². The smallest absolute Gasteiger partial charge is 0.320 e. The number of carbonyl (C=O) groups is 2. The molecule has 264 valence electrons. The average molecular weight is 702 g/mol. The molecular formula is C36H43N7O6S. The van der Waals surface area contributed by atoms with E-state index in [4.69, 9.17) is 9.47 Å². The Morgan fingerprint density at radius 2 is 1.84 bits per heavy atom. The monoisotopic (exact) mass is 701 g/mol. The molecule has 3 atom stereocenters. The number of amides is 2. The van der Waals surface area contributed by atoms with E-state index in [1.54, 1.807) is 36.4 Å². The van der Waals surface area contributed by atoms with Gasteiger partial charge in [-0.05, 0) is 79.4 Å². The highest BCUT2D eigenvalue weighted by Crippen LogP contribution is 2.40. The van der Waals surface area contributed by atoms with Crippen LogP contribution in [0.1, 0.15) is 74.7 Å². The van der Waals surface area contributed by atoms with Crippen molar-refractivity contribution in [2.45, 2.75) is 63.1 Å². The van der Waals surface area contributed by atoms with Crippen molar-refractivity contribution in [3.63, 3.8) is 0 Å². The lowest BCUT2D eigenvalue weighted by atomic mass is 9.81. The molecule has 0 saturated carbocycles. The van der Waals surface area contributed by atoms with Gasteiger partial charge in [-0.15, -0.1) is 10.2 Å². The number of carbonyl (C=O) groups excluding carboxylic acids is 2. The molecule has 50 heavy (non-hydrogen) atoms. The average Bonchev–Trinajstić information content (AvgIpc) is 3.48. The Balaban J connectivity index is 1.28. The second-order valence-corrected chi connectivity index (χ2v) is 15.7. The number of rotatable bonds is 9. The van der Waals surface area contributed by atoms with E-state index < -0.39 is 33.1 Å². The van der Waals surface area contributed by atoms with Gasteiger partial charge in [0.25, 0.3) is 0 Å². The van der Waals surface area contributed by atoms with E-state index in [0.29, 0.717) is 23.2 Å². The van der Waals surface area contributed by atoms with Crippen LogP contribution in [0, 0.1) is 0 Å². The number of pyridine rings is 1. The molecule has 4 aromatic rings. The number of aromatic nitrogens is 3. The van der Waals surface area contributed by atoms with Crippen molar-refractivity contribution in [2.75, 3.05) is 37.0 Å². The lowest BCUT2D eigenvalue weighted by Crippen LogP contribution is -2.49. The van der Waals surface area contributed by atoms with Crippen LogP contribution < -0.4 is 24.8 Å². The molecule has 2 aliphatic rings. The van der Waals surface area contributed by atoms with Gasteiger partial charge < -0.3 is 20.1 Å². The molecule has 0 unspecified atom stereocenters. The molecule has 3 N–H and O–H groups in total. The van der Waals surface area contributed by atoms with Crippen LogP contribution in [0.2, 0.25) is 0 Å². The number of hydrogen-bond donors (Lipinski definition) is 3. The minimum absolute atomic E-state index is 0.120. The van der Waals surface area contributed by atoms with Crippen molar-refractivity contribution >= 4 is 39.4 Å². The number of ether oxygens (including phenoxy) is 2. The molecule has 13 nitrogen and oxygen atoms in total. The Bertz CT molecular complexity index is 2070. The first-order chi connectivity index (χ1) is 23.7. The minimum atomic E-state index is -3.67. The number of sulfonamides is 1. The number of fused-ring (bicyclic) bond motifs is 2. The van der Waals surface area contributed by atoms with Gasteiger partial charge >= 0.3 is 6.03 Å². The first kappa shape index (κ1) is 34.9. The molecule has 6 rings (SSSR count). The van der Waals surface area contributed by atoms with E-state index in [0.717, 1.165) is 49.1 Å². The van der Waals surface area contributed by atoms with E-state index >= 15 is 0 Å². The number of urea groups is 1. The molecule has 2 aromatic carbocycles. The number of benzene rings is 2. The highest BCUT2D eigenvalue weighted by atomic mass is 32.2. The quantitative estimate of drug-likeness (QED) is 0.152. The second kappa shape index (κ2) is 13.4. The summed E-state index contributed by atoms with van der Waals surface area (Å²) < 4.78 is 40.8. The van der Waals surface area contributed by atoms with Crippen LogP contribution in [-0.2, 0) is 25.8 Å². The number of anilines is 2. The summed E-state index contributed by atoms with van der Waals surface area (Å²) in [6.07, 6.45) is 9.70. The molecule has 2 aromatic heterocycles. The Morgan fingerprint density at radius 3 is 2.54 bits per heavy atom. The van der Waals surface area contributed by atoms with E-state index in [1.807, 2.05) is 55.6 Å². The molecule has 1 aliphatic heterocycles. The predicted molar refractivity (Wildman–Crippen MR) is 191 cm³/mol.